The van der Waals surface area contributed by atoms with Gasteiger partial charge in [-0.2, -0.15) is 4.39 Å². The number of furan rings is 1. The van der Waals surface area contributed by atoms with Crippen molar-refractivity contribution in [3.8, 4) is 0 Å². The highest BCUT2D eigenvalue weighted by molar-refractivity contribution is 5.77. The van der Waals surface area contributed by atoms with Crippen molar-refractivity contribution in [2.24, 2.45) is 5.73 Å². The Hall–Kier alpha value is -1.42. The van der Waals surface area contributed by atoms with Crippen molar-refractivity contribution in [2.75, 3.05) is 0 Å². The molecular formula is C8H7FN2O. The average molecular weight is 166 g/mol. The van der Waals surface area contributed by atoms with E-state index in [0.717, 1.165) is 0 Å². The van der Waals surface area contributed by atoms with E-state index in [1.807, 2.05) is 0 Å². The molecule has 0 spiro atoms. The zero-order valence-corrected chi connectivity index (χ0v) is 6.25. The first-order chi connectivity index (χ1) is 5.81. The lowest BCUT2D eigenvalue weighted by Gasteiger charge is -1.87. The van der Waals surface area contributed by atoms with Crippen LogP contribution in [0.15, 0.2) is 22.7 Å². The molecule has 0 aliphatic rings. The Labute approximate surface area is 68.0 Å². The molecule has 0 amide bonds. The Bertz CT molecular complexity index is 410. The Morgan fingerprint density at radius 1 is 1.58 bits per heavy atom. The van der Waals surface area contributed by atoms with Crippen LogP contribution in [0, 0.1) is 5.95 Å². The predicted molar refractivity (Wildman–Crippen MR) is 41.9 cm³/mol. The molecule has 0 bridgehead atoms. The fraction of sp³-hybridized carbons (Fsp3) is 0.125. The fourth-order valence-electron chi connectivity index (χ4n) is 1.09. The molecule has 0 radical (unpaired) electrons. The van der Waals surface area contributed by atoms with Gasteiger partial charge in [0.25, 0.3) is 5.95 Å². The number of rotatable bonds is 1. The van der Waals surface area contributed by atoms with E-state index >= 15 is 0 Å². The first-order valence-electron chi connectivity index (χ1n) is 3.54. The molecule has 2 heterocycles. The van der Waals surface area contributed by atoms with Crippen molar-refractivity contribution in [3.05, 3.63) is 30.0 Å². The molecule has 0 atom stereocenters. The smallest absolute Gasteiger partial charge is 0.256 e. The van der Waals surface area contributed by atoms with Crippen molar-refractivity contribution in [1.29, 1.82) is 0 Å². The number of hydrogen-bond acceptors (Lipinski definition) is 3. The zero-order chi connectivity index (χ0) is 8.55. The molecular weight excluding hydrogens is 159 g/mol. The first kappa shape index (κ1) is 7.24. The number of halogens is 1. The maximum Gasteiger partial charge on any atom is 0.256 e. The van der Waals surface area contributed by atoms with Gasteiger partial charge in [0.1, 0.15) is 5.76 Å². The van der Waals surface area contributed by atoms with E-state index < -0.39 is 5.95 Å². The Balaban J connectivity index is 2.74. The van der Waals surface area contributed by atoms with Crippen molar-refractivity contribution < 1.29 is 8.81 Å². The van der Waals surface area contributed by atoms with Gasteiger partial charge in [0.2, 0.25) is 0 Å². The van der Waals surface area contributed by atoms with Crippen molar-refractivity contribution in [3.63, 3.8) is 0 Å². The van der Waals surface area contributed by atoms with E-state index in [1.54, 1.807) is 12.1 Å². The lowest BCUT2D eigenvalue weighted by Crippen LogP contribution is -1.92. The summed E-state index contributed by atoms with van der Waals surface area (Å²) >= 11 is 0. The number of nitrogens with two attached hydrogens (primary N) is 1. The zero-order valence-electron chi connectivity index (χ0n) is 6.25. The second kappa shape index (κ2) is 2.57. The monoisotopic (exact) mass is 166 g/mol. The van der Waals surface area contributed by atoms with Crippen LogP contribution in [0.25, 0.3) is 11.0 Å². The Kier molecular flexibility index (Phi) is 1.55. The number of pyridine rings is 1. The van der Waals surface area contributed by atoms with Crippen LogP contribution in [-0.2, 0) is 6.54 Å². The Morgan fingerprint density at radius 3 is 3.08 bits per heavy atom. The number of fused-ring (bicyclic) bond motifs is 1. The summed E-state index contributed by atoms with van der Waals surface area (Å²) in [6.07, 6.45) is 1.40. The summed E-state index contributed by atoms with van der Waals surface area (Å²) in [4.78, 5) is 3.45. The van der Waals surface area contributed by atoms with Gasteiger partial charge in [-0.05, 0) is 12.1 Å². The standard InChI is InChI=1S/C8H7FN2O/c9-8-7-5(1-2-11-8)3-6(4-10)12-7/h1-3H,4,10H2. The quantitative estimate of drug-likeness (QED) is 0.652. The Morgan fingerprint density at radius 2 is 2.42 bits per heavy atom. The third-order valence-electron chi connectivity index (χ3n) is 1.64. The van der Waals surface area contributed by atoms with Crippen LogP contribution in [0.3, 0.4) is 0 Å². The SMILES string of the molecule is NCc1cc2ccnc(F)c2o1. The number of aromatic nitrogens is 1. The van der Waals surface area contributed by atoms with E-state index in [4.69, 9.17) is 10.2 Å². The fourth-order valence-corrected chi connectivity index (χ4v) is 1.09. The van der Waals surface area contributed by atoms with Crippen molar-refractivity contribution in [1.82, 2.24) is 4.98 Å². The number of hydrogen-bond donors (Lipinski definition) is 1. The van der Waals surface area contributed by atoms with Crippen LogP contribution >= 0.6 is 0 Å². The second-order valence-electron chi connectivity index (χ2n) is 2.44. The molecule has 2 rings (SSSR count). The summed E-state index contributed by atoms with van der Waals surface area (Å²) in [5.41, 5.74) is 5.51. The minimum atomic E-state index is -0.591. The van der Waals surface area contributed by atoms with Crippen LogP contribution < -0.4 is 5.73 Å². The van der Waals surface area contributed by atoms with E-state index in [1.165, 1.54) is 6.20 Å². The summed E-state index contributed by atoms with van der Waals surface area (Å²) in [5.74, 6) is -0.0240. The van der Waals surface area contributed by atoms with Crippen LogP contribution in [-0.4, -0.2) is 4.98 Å². The summed E-state index contributed by atoms with van der Waals surface area (Å²) in [7, 11) is 0. The lowest BCUT2D eigenvalue weighted by atomic mass is 10.3. The summed E-state index contributed by atoms with van der Waals surface area (Å²) in [6.45, 7) is 0.272. The highest BCUT2D eigenvalue weighted by atomic mass is 19.1. The van der Waals surface area contributed by atoms with Gasteiger partial charge in [-0.1, -0.05) is 0 Å². The normalized spacial score (nSPS) is 10.8. The lowest BCUT2D eigenvalue weighted by molar-refractivity contribution is 0.507. The van der Waals surface area contributed by atoms with Gasteiger partial charge < -0.3 is 10.2 Å². The van der Waals surface area contributed by atoms with Crippen LogP contribution in [0.1, 0.15) is 5.76 Å². The van der Waals surface area contributed by atoms with Gasteiger partial charge in [0.15, 0.2) is 5.58 Å². The molecule has 12 heavy (non-hydrogen) atoms. The molecule has 0 saturated carbocycles. The molecule has 0 aliphatic heterocycles. The predicted octanol–water partition coefficient (Wildman–Crippen LogP) is 1.43. The molecule has 0 aromatic carbocycles. The van der Waals surface area contributed by atoms with E-state index in [0.29, 0.717) is 11.1 Å². The van der Waals surface area contributed by atoms with Crippen LogP contribution in [0.5, 0.6) is 0 Å². The minimum absolute atomic E-state index is 0.179. The second-order valence-corrected chi connectivity index (χ2v) is 2.44. The average Bonchev–Trinajstić information content (AvgIpc) is 2.49. The molecule has 2 aromatic rings. The van der Waals surface area contributed by atoms with Crippen LogP contribution in [0.4, 0.5) is 4.39 Å². The minimum Gasteiger partial charge on any atom is -0.455 e. The molecule has 4 heteroatoms. The molecule has 0 unspecified atom stereocenters. The summed E-state index contributed by atoms with van der Waals surface area (Å²) in [5, 5.41) is 0.697. The van der Waals surface area contributed by atoms with Gasteiger partial charge in [0, 0.05) is 11.6 Å². The highest BCUT2D eigenvalue weighted by Gasteiger charge is 2.06. The third kappa shape index (κ3) is 0.967. The maximum absolute atomic E-state index is 12.9. The van der Waals surface area contributed by atoms with Gasteiger partial charge >= 0.3 is 0 Å². The first-order valence-corrected chi connectivity index (χ1v) is 3.54. The van der Waals surface area contributed by atoms with Crippen molar-refractivity contribution in [2.45, 2.75) is 6.54 Å². The molecule has 3 nitrogen and oxygen atoms in total. The van der Waals surface area contributed by atoms with Crippen LogP contribution in [0.2, 0.25) is 0 Å². The topological polar surface area (TPSA) is 52.0 Å². The van der Waals surface area contributed by atoms with Gasteiger partial charge in [-0.15, -0.1) is 0 Å². The number of nitrogens with zero attached hydrogens (tertiary/aromatic N) is 1. The van der Waals surface area contributed by atoms with Gasteiger partial charge in [-0.3, -0.25) is 0 Å². The van der Waals surface area contributed by atoms with E-state index in [9.17, 15) is 4.39 Å². The molecule has 0 saturated heterocycles. The summed E-state index contributed by atoms with van der Waals surface area (Å²) < 4.78 is 18.0. The van der Waals surface area contributed by atoms with Crippen molar-refractivity contribution >= 4 is 11.0 Å². The maximum atomic E-state index is 12.9. The largest absolute Gasteiger partial charge is 0.455 e. The molecule has 0 aliphatic carbocycles. The molecule has 62 valence electrons. The van der Waals surface area contributed by atoms with Gasteiger partial charge in [-0.25, -0.2) is 4.98 Å². The molecule has 2 aromatic heterocycles. The van der Waals surface area contributed by atoms with Gasteiger partial charge in [0.05, 0.1) is 6.54 Å². The highest BCUT2D eigenvalue weighted by Crippen LogP contribution is 2.19. The van der Waals surface area contributed by atoms with E-state index in [2.05, 4.69) is 4.98 Å². The summed E-state index contributed by atoms with van der Waals surface area (Å²) in [6, 6.07) is 3.39. The van der Waals surface area contributed by atoms with E-state index in [-0.39, 0.29) is 12.1 Å². The molecule has 0 fully saturated rings. The molecule has 2 N–H and O–H groups in total. The third-order valence-corrected chi connectivity index (χ3v) is 1.64.